The van der Waals surface area contributed by atoms with E-state index in [0.717, 1.165) is 25.1 Å². The van der Waals surface area contributed by atoms with Crippen LogP contribution in [0.2, 0.25) is 0 Å². The van der Waals surface area contributed by atoms with Crippen LogP contribution in [-0.4, -0.2) is 114 Å². The average Bonchev–Trinajstić information content (AvgIpc) is 3.69. The van der Waals surface area contributed by atoms with Crippen molar-refractivity contribution in [2.75, 3.05) is 46.4 Å². The molecule has 4 aromatic heterocycles. The smallest absolute Gasteiger partial charge is 0.436 e. The van der Waals surface area contributed by atoms with Gasteiger partial charge < -0.3 is 14.5 Å². The number of esters is 1. The second-order valence-electron chi connectivity index (χ2n) is 13.5. The Balaban J connectivity index is 0.993. The molecule has 2 saturated heterocycles. The number of nitrogens with zero attached hydrogens (tertiary/aromatic N) is 10. The molecule has 7 rings (SSSR count). The van der Waals surface area contributed by atoms with Crippen molar-refractivity contribution in [1.29, 1.82) is 5.26 Å². The van der Waals surface area contributed by atoms with Crippen molar-refractivity contribution >= 4 is 28.9 Å². The topological polar surface area (TPSA) is 155 Å². The van der Waals surface area contributed by atoms with Crippen LogP contribution >= 0.6 is 0 Å². The molecule has 0 spiro atoms. The number of carbonyl (C=O) groups is 3. The van der Waals surface area contributed by atoms with E-state index in [0.29, 0.717) is 48.2 Å². The van der Waals surface area contributed by atoms with Crippen LogP contribution in [0.3, 0.4) is 0 Å². The minimum Gasteiger partial charge on any atom is -0.464 e. The quantitative estimate of drug-likeness (QED) is 0.183. The van der Waals surface area contributed by atoms with E-state index < -0.39 is 34.7 Å². The number of alkyl halides is 3. The molecular weight excluding hydrogens is 688 g/mol. The van der Waals surface area contributed by atoms with Crippen LogP contribution in [0.25, 0.3) is 22.3 Å². The summed E-state index contributed by atoms with van der Waals surface area (Å²) in [4.78, 5) is 54.9. The molecular formula is C34H34F4N10O4. The van der Waals surface area contributed by atoms with Crippen LogP contribution in [0.15, 0.2) is 43.2 Å². The van der Waals surface area contributed by atoms with Gasteiger partial charge in [-0.1, -0.05) is 0 Å². The molecule has 0 bridgehead atoms. The zero-order valence-electron chi connectivity index (χ0n) is 28.1. The third kappa shape index (κ3) is 6.56. The lowest BCUT2D eigenvalue weighted by atomic mass is 9.83. The van der Waals surface area contributed by atoms with Gasteiger partial charge in [0.1, 0.15) is 18.5 Å². The molecule has 1 saturated carbocycles. The number of amides is 2. The molecule has 18 heteroatoms. The van der Waals surface area contributed by atoms with E-state index in [9.17, 15) is 37.2 Å². The van der Waals surface area contributed by atoms with E-state index in [4.69, 9.17) is 4.74 Å². The van der Waals surface area contributed by atoms with Crippen molar-refractivity contribution in [2.45, 2.75) is 49.9 Å². The monoisotopic (exact) mass is 722 g/mol. The third-order valence-corrected chi connectivity index (χ3v) is 10.00. The van der Waals surface area contributed by atoms with Gasteiger partial charge in [-0.2, -0.15) is 23.5 Å². The number of likely N-dealkylation sites (tertiary alicyclic amines) is 2. The summed E-state index contributed by atoms with van der Waals surface area (Å²) in [5.41, 5.74) is -1.40. The number of rotatable bonds is 9. The first-order valence-corrected chi connectivity index (χ1v) is 16.8. The molecule has 3 aliphatic rings. The fourth-order valence-corrected chi connectivity index (χ4v) is 6.90. The van der Waals surface area contributed by atoms with E-state index in [1.807, 2.05) is 6.20 Å². The van der Waals surface area contributed by atoms with E-state index in [1.54, 1.807) is 30.2 Å². The van der Waals surface area contributed by atoms with Crippen molar-refractivity contribution in [3.05, 3.63) is 60.3 Å². The Morgan fingerprint density at radius 2 is 1.85 bits per heavy atom. The number of pyridine rings is 1. The number of fused-ring (bicyclic) bond motifs is 1. The molecule has 0 aromatic carbocycles. The number of halogens is 4. The highest BCUT2D eigenvalue weighted by molar-refractivity contribution is 5.96. The van der Waals surface area contributed by atoms with E-state index in [2.05, 4.69) is 31.0 Å². The molecule has 272 valence electrons. The van der Waals surface area contributed by atoms with Gasteiger partial charge in [-0.25, -0.2) is 24.1 Å². The Hall–Kier alpha value is -5.44. The van der Waals surface area contributed by atoms with Crippen molar-refractivity contribution in [3.8, 4) is 17.3 Å². The highest BCUT2D eigenvalue weighted by atomic mass is 19.4. The number of carbonyl (C=O) groups excluding carboxylic acids is 3. The number of piperidine rings is 1. The van der Waals surface area contributed by atoms with Crippen molar-refractivity contribution in [1.82, 2.24) is 44.0 Å². The third-order valence-electron chi connectivity index (χ3n) is 10.00. The van der Waals surface area contributed by atoms with Gasteiger partial charge in [0.15, 0.2) is 17.2 Å². The number of hydrogen-bond donors (Lipinski definition) is 0. The second-order valence-corrected chi connectivity index (χ2v) is 13.5. The maximum absolute atomic E-state index is 14.6. The highest BCUT2D eigenvalue weighted by Crippen LogP contribution is 2.38. The summed E-state index contributed by atoms with van der Waals surface area (Å²) in [6.07, 6.45) is 5.10. The highest BCUT2D eigenvalue weighted by Gasteiger charge is 2.48. The molecule has 0 N–H and O–H groups in total. The summed E-state index contributed by atoms with van der Waals surface area (Å²) in [7, 11) is 1.62. The zero-order valence-corrected chi connectivity index (χ0v) is 28.1. The molecule has 0 atom stereocenters. The minimum atomic E-state index is -5.02. The Bertz CT molecular complexity index is 2060. The molecule has 1 aliphatic carbocycles. The predicted octanol–water partition coefficient (Wildman–Crippen LogP) is 3.93. The number of ether oxygens (including phenoxy) is 1. The van der Waals surface area contributed by atoms with Crippen LogP contribution in [0, 0.1) is 23.1 Å². The van der Waals surface area contributed by atoms with Crippen LogP contribution in [0.4, 0.5) is 22.4 Å². The number of nitriles is 1. The maximum atomic E-state index is 14.6. The van der Waals surface area contributed by atoms with Gasteiger partial charge in [0.05, 0.1) is 42.4 Å². The summed E-state index contributed by atoms with van der Waals surface area (Å²) < 4.78 is 62.4. The Morgan fingerprint density at radius 3 is 2.54 bits per heavy atom. The van der Waals surface area contributed by atoms with E-state index in [-0.39, 0.29) is 56.6 Å². The molecule has 52 heavy (non-hydrogen) atoms. The minimum absolute atomic E-state index is 0.0210. The standard InChI is InChI=1S/C34H34F4N10O4/c1-44(14-15-52-31(50)21-2-3-21)32(51)47-13-7-25-27(41-20-42-29(25)47)22-16-43-48(17-22)33(8-9-39)18-46(19-33)23-5-11-45(12-6-23)30(49)24-4-10-40-28(26(24)35)34(36,37)38/h4,7,10,13,16-17,20-21,23H,2-3,5-6,8,11-12,14-15,18-19H2,1H3. The van der Waals surface area contributed by atoms with Crippen LogP contribution in [-0.2, 0) is 21.2 Å². The molecule has 3 fully saturated rings. The van der Waals surface area contributed by atoms with Gasteiger partial charge in [-0.05, 0) is 37.8 Å². The summed E-state index contributed by atoms with van der Waals surface area (Å²) in [5, 5.41) is 15.0. The van der Waals surface area contributed by atoms with Crippen molar-refractivity contribution in [2.24, 2.45) is 5.92 Å². The van der Waals surface area contributed by atoms with E-state index >= 15 is 0 Å². The summed E-state index contributed by atoms with van der Waals surface area (Å²) in [6, 6.07) is 4.66. The number of likely N-dealkylation sites (N-methyl/N-ethyl adjacent to an activating group) is 1. The molecule has 0 unspecified atom stereocenters. The summed E-state index contributed by atoms with van der Waals surface area (Å²) in [6.45, 7) is 1.78. The first kappa shape index (κ1) is 35.0. The SMILES string of the molecule is CN(CCOC(=O)C1CC1)C(=O)n1ccc2c(-c3cnn(C4(CC#N)CN(C5CCN(C(=O)c6ccnc(C(F)(F)F)c6F)CC5)C4)c3)ncnc21. The average molecular weight is 723 g/mol. The van der Waals surface area contributed by atoms with Crippen LogP contribution in [0.1, 0.15) is 48.2 Å². The summed E-state index contributed by atoms with van der Waals surface area (Å²) >= 11 is 0. The molecule has 0 radical (unpaired) electrons. The van der Waals surface area contributed by atoms with Crippen LogP contribution < -0.4 is 0 Å². The molecule has 2 amide bonds. The maximum Gasteiger partial charge on any atom is 0.436 e. The zero-order chi connectivity index (χ0) is 36.8. The fraction of sp³-hybridized carbons (Fsp3) is 0.471. The van der Waals surface area contributed by atoms with Crippen molar-refractivity contribution < 1.29 is 36.7 Å². The molecule has 2 aliphatic heterocycles. The number of hydrogen-bond acceptors (Lipinski definition) is 10. The molecule has 6 heterocycles. The van der Waals surface area contributed by atoms with Gasteiger partial charge in [0, 0.05) is 68.8 Å². The van der Waals surface area contributed by atoms with Gasteiger partial charge in [-0.3, -0.25) is 23.7 Å². The predicted molar refractivity (Wildman–Crippen MR) is 174 cm³/mol. The van der Waals surface area contributed by atoms with Gasteiger partial charge in [-0.15, -0.1) is 0 Å². The lowest BCUT2D eigenvalue weighted by molar-refractivity contribution is -0.145. The van der Waals surface area contributed by atoms with E-state index in [1.165, 1.54) is 20.7 Å². The van der Waals surface area contributed by atoms with Crippen LogP contribution in [0.5, 0.6) is 0 Å². The lowest BCUT2D eigenvalue weighted by Gasteiger charge is -2.53. The first-order chi connectivity index (χ1) is 24.9. The molecule has 14 nitrogen and oxygen atoms in total. The largest absolute Gasteiger partial charge is 0.464 e. The van der Waals surface area contributed by atoms with Gasteiger partial charge >= 0.3 is 18.2 Å². The Kier molecular flexibility index (Phi) is 9.15. The fourth-order valence-electron chi connectivity index (χ4n) is 6.90. The first-order valence-electron chi connectivity index (χ1n) is 16.8. The normalized spacial score (nSPS) is 17.8. The van der Waals surface area contributed by atoms with Crippen molar-refractivity contribution in [3.63, 3.8) is 0 Å². The summed E-state index contributed by atoms with van der Waals surface area (Å²) in [5.74, 6) is -2.74. The lowest BCUT2D eigenvalue weighted by Crippen LogP contribution is -2.66. The Labute approximate surface area is 294 Å². The number of aromatic nitrogens is 6. The molecule has 4 aromatic rings. The second kappa shape index (κ2) is 13.6. The Morgan fingerprint density at radius 1 is 1.10 bits per heavy atom. The van der Waals surface area contributed by atoms with Gasteiger partial charge in [0.25, 0.3) is 5.91 Å². The van der Waals surface area contributed by atoms with Gasteiger partial charge in [0.2, 0.25) is 0 Å².